The summed E-state index contributed by atoms with van der Waals surface area (Å²) in [4.78, 5) is 24.8. The van der Waals surface area contributed by atoms with Crippen LogP contribution < -0.4 is 0 Å². The fourth-order valence-corrected chi connectivity index (χ4v) is 2.68. The SMILES string of the molecule is Cn1nccc1/C=C\C(=O)N1CCCC[C@@H]1CCC(=O)O. The van der Waals surface area contributed by atoms with Crippen molar-refractivity contribution < 1.29 is 14.7 Å². The van der Waals surface area contributed by atoms with Crippen molar-refractivity contribution in [2.75, 3.05) is 6.54 Å². The highest BCUT2D eigenvalue weighted by molar-refractivity contribution is 5.91. The number of carboxylic acids is 1. The summed E-state index contributed by atoms with van der Waals surface area (Å²) in [6.07, 6.45) is 8.54. The van der Waals surface area contributed by atoms with Crippen molar-refractivity contribution in [1.82, 2.24) is 14.7 Å². The molecule has 0 aromatic carbocycles. The zero-order valence-corrected chi connectivity index (χ0v) is 12.2. The van der Waals surface area contributed by atoms with Crippen LogP contribution in [0.1, 0.15) is 37.8 Å². The first-order valence-corrected chi connectivity index (χ1v) is 7.26. The van der Waals surface area contributed by atoms with E-state index in [1.54, 1.807) is 27.9 Å². The number of aromatic nitrogens is 2. The molecule has 0 bridgehead atoms. The molecule has 0 radical (unpaired) electrons. The molecule has 21 heavy (non-hydrogen) atoms. The van der Waals surface area contributed by atoms with Gasteiger partial charge in [0.15, 0.2) is 0 Å². The first-order valence-electron chi connectivity index (χ1n) is 7.26. The topological polar surface area (TPSA) is 75.4 Å². The minimum absolute atomic E-state index is 0.0403. The van der Waals surface area contributed by atoms with Gasteiger partial charge >= 0.3 is 5.97 Å². The van der Waals surface area contributed by atoms with E-state index in [-0.39, 0.29) is 18.4 Å². The molecule has 0 unspecified atom stereocenters. The summed E-state index contributed by atoms with van der Waals surface area (Å²) in [5.41, 5.74) is 0.863. The summed E-state index contributed by atoms with van der Waals surface area (Å²) in [6, 6.07) is 1.88. The second-order valence-corrected chi connectivity index (χ2v) is 5.33. The maximum absolute atomic E-state index is 12.3. The van der Waals surface area contributed by atoms with Gasteiger partial charge < -0.3 is 10.0 Å². The second-order valence-electron chi connectivity index (χ2n) is 5.33. The third kappa shape index (κ3) is 4.18. The van der Waals surface area contributed by atoms with E-state index in [1.807, 2.05) is 13.1 Å². The van der Waals surface area contributed by atoms with Crippen molar-refractivity contribution in [2.24, 2.45) is 7.05 Å². The molecule has 1 fully saturated rings. The number of piperidine rings is 1. The van der Waals surface area contributed by atoms with Gasteiger partial charge in [0.1, 0.15) is 0 Å². The van der Waals surface area contributed by atoms with Gasteiger partial charge in [-0.15, -0.1) is 0 Å². The molecule has 0 saturated carbocycles. The monoisotopic (exact) mass is 291 g/mol. The molecule has 0 spiro atoms. The first-order chi connectivity index (χ1) is 10.1. The zero-order valence-electron chi connectivity index (χ0n) is 12.2. The van der Waals surface area contributed by atoms with Gasteiger partial charge in [-0.2, -0.15) is 5.10 Å². The third-order valence-electron chi connectivity index (χ3n) is 3.86. The van der Waals surface area contributed by atoms with Crippen LogP contribution in [0.5, 0.6) is 0 Å². The van der Waals surface area contributed by atoms with E-state index in [0.717, 1.165) is 25.0 Å². The molecule has 0 aliphatic carbocycles. The first kappa shape index (κ1) is 15.3. The number of carboxylic acid groups (broad SMARTS) is 1. The largest absolute Gasteiger partial charge is 0.481 e. The third-order valence-corrected chi connectivity index (χ3v) is 3.86. The number of hydrogen-bond donors (Lipinski definition) is 1. The number of aliphatic carboxylic acids is 1. The summed E-state index contributed by atoms with van der Waals surface area (Å²) in [5.74, 6) is -0.857. The second kappa shape index (κ2) is 7.06. The normalized spacial score (nSPS) is 19.1. The Morgan fingerprint density at radius 1 is 1.48 bits per heavy atom. The Morgan fingerprint density at radius 3 is 2.95 bits per heavy atom. The molecule has 1 saturated heterocycles. The van der Waals surface area contributed by atoms with Crippen LogP contribution in [-0.4, -0.2) is 44.3 Å². The van der Waals surface area contributed by atoms with Gasteiger partial charge in [0.2, 0.25) is 5.91 Å². The van der Waals surface area contributed by atoms with Crippen molar-refractivity contribution in [2.45, 2.75) is 38.1 Å². The number of rotatable bonds is 5. The summed E-state index contributed by atoms with van der Waals surface area (Å²) in [7, 11) is 1.82. The van der Waals surface area contributed by atoms with Crippen LogP contribution in [0.4, 0.5) is 0 Å². The molecule has 114 valence electrons. The molecule has 1 amide bonds. The predicted octanol–water partition coefficient (Wildman–Crippen LogP) is 1.68. The van der Waals surface area contributed by atoms with Gasteiger partial charge in [-0.1, -0.05) is 0 Å². The van der Waals surface area contributed by atoms with Crippen LogP contribution in [0.15, 0.2) is 18.3 Å². The molecular formula is C15H21N3O3. The fraction of sp³-hybridized carbons (Fsp3) is 0.533. The van der Waals surface area contributed by atoms with Crippen molar-refractivity contribution >= 4 is 18.0 Å². The molecule has 2 rings (SSSR count). The van der Waals surface area contributed by atoms with Crippen LogP contribution in [0, 0.1) is 0 Å². The van der Waals surface area contributed by atoms with Gasteiger partial charge in [-0.05, 0) is 37.8 Å². The molecule has 1 N–H and O–H groups in total. The van der Waals surface area contributed by atoms with Gasteiger partial charge in [0, 0.05) is 38.3 Å². The van der Waals surface area contributed by atoms with Crippen molar-refractivity contribution in [3.8, 4) is 0 Å². The summed E-state index contributed by atoms with van der Waals surface area (Å²) in [5, 5.41) is 12.8. The molecule has 6 nitrogen and oxygen atoms in total. The number of aryl methyl sites for hydroxylation is 1. The maximum Gasteiger partial charge on any atom is 0.303 e. The van der Waals surface area contributed by atoms with Gasteiger partial charge in [0.25, 0.3) is 0 Å². The van der Waals surface area contributed by atoms with E-state index in [0.29, 0.717) is 13.0 Å². The Morgan fingerprint density at radius 2 is 2.29 bits per heavy atom. The smallest absolute Gasteiger partial charge is 0.303 e. The van der Waals surface area contributed by atoms with Gasteiger partial charge in [-0.3, -0.25) is 14.3 Å². The Balaban J connectivity index is 1.99. The van der Waals surface area contributed by atoms with E-state index in [4.69, 9.17) is 5.11 Å². The molecule has 2 heterocycles. The number of nitrogens with zero attached hydrogens (tertiary/aromatic N) is 3. The van der Waals surface area contributed by atoms with Crippen molar-refractivity contribution in [3.05, 3.63) is 24.0 Å². The zero-order chi connectivity index (χ0) is 15.2. The molecule has 1 aromatic heterocycles. The Kier molecular flexibility index (Phi) is 5.14. The quantitative estimate of drug-likeness (QED) is 0.837. The summed E-state index contributed by atoms with van der Waals surface area (Å²) < 4.78 is 1.70. The number of carbonyl (C=O) groups excluding carboxylic acids is 1. The lowest BCUT2D eigenvalue weighted by molar-refractivity contribution is -0.138. The summed E-state index contributed by atoms with van der Waals surface area (Å²) >= 11 is 0. The van der Waals surface area contributed by atoms with E-state index in [9.17, 15) is 9.59 Å². The van der Waals surface area contributed by atoms with E-state index in [2.05, 4.69) is 5.10 Å². The average Bonchev–Trinajstić information content (AvgIpc) is 2.88. The van der Waals surface area contributed by atoms with Gasteiger partial charge in [-0.25, -0.2) is 0 Å². The van der Waals surface area contributed by atoms with Crippen LogP contribution in [0.25, 0.3) is 6.08 Å². The van der Waals surface area contributed by atoms with Crippen LogP contribution in [-0.2, 0) is 16.6 Å². The highest BCUT2D eigenvalue weighted by atomic mass is 16.4. The minimum Gasteiger partial charge on any atom is -0.481 e. The molecule has 1 aliphatic rings. The minimum atomic E-state index is -0.807. The Bertz CT molecular complexity index is 536. The molecule has 1 atom stereocenters. The fourth-order valence-electron chi connectivity index (χ4n) is 2.68. The van der Waals surface area contributed by atoms with E-state index < -0.39 is 5.97 Å². The Labute approximate surface area is 124 Å². The van der Waals surface area contributed by atoms with Crippen LogP contribution >= 0.6 is 0 Å². The lowest BCUT2D eigenvalue weighted by Gasteiger charge is -2.35. The summed E-state index contributed by atoms with van der Waals surface area (Å²) in [6.45, 7) is 0.707. The molecular weight excluding hydrogens is 270 g/mol. The molecule has 1 aromatic rings. The number of amides is 1. The number of hydrogen-bond acceptors (Lipinski definition) is 3. The van der Waals surface area contributed by atoms with Crippen molar-refractivity contribution in [3.63, 3.8) is 0 Å². The number of likely N-dealkylation sites (tertiary alicyclic amines) is 1. The lowest BCUT2D eigenvalue weighted by atomic mass is 9.98. The van der Waals surface area contributed by atoms with Gasteiger partial charge in [0.05, 0.1) is 5.69 Å². The molecule has 6 heteroatoms. The van der Waals surface area contributed by atoms with Crippen LogP contribution in [0.2, 0.25) is 0 Å². The average molecular weight is 291 g/mol. The highest BCUT2D eigenvalue weighted by Crippen LogP contribution is 2.21. The van der Waals surface area contributed by atoms with Crippen LogP contribution in [0.3, 0.4) is 0 Å². The maximum atomic E-state index is 12.3. The molecule has 1 aliphatic heterocycles. The highest BCUT2D eigenvalue weighted by Gasteiger charge is 2.25. The Hall–Kier alpha value is -2.11. The van der Waals surface area contributed by atoms with E-state index >= 15 is 0 Å². The van der Waals surface area contributed by atoms with E-state index in [1.165, 1.54) is 0 Å². The predicted molar refractivity (Wildman–Crippen MR) is 78.5 cm³/mol. The standard InChI is InChI=1S/C15H21N3O3/c1-17-12(9-10-16-17)5-7-14(19)18-11-3-2-4-13(18)6-8-15(20)21/h5,7,9-10,13H,2-4,6,8,11H2,1H3,(H,20,21)/b7-5-/t13-/m1/s1. The lowest BCUT2D eigenvalue weighted by Crippen LogP contribution is -2.43. The number of carbonyl (C=O) groups is 2. The van der Waals surface area contributed by atoms with Crippen molar-refractivity contribution in [1.29, 1.82) is 0 Å².